The average molecular weight is 342 g/mol. The summed E-state index contributed by atoms with van der Waals surface area (Å²) in [6.07, 6.45) is 0.978. The van der Waals surface area contributed by atoms with Gasteiger partial charge in [0.15, 0.2) is 9.84 Å². The van der Waals surface area contributed by atoms with Gasteiger partial charge in [0.25, 0.3) is 5.69 Å². The fourth-order valence-electron chi connectivity index (χ4n) is 3.12. The van der Waals surface area contributed by atoms with Gasteiger partial charge in [0.1, 0.15) is 4.90 Å². The summed E-state index contributed by atoms with van der Waals surface area (Å²) in [6.45, 7) is 8.98. The smallest absolute Gasteiger partial charge is 0.288 e. The molecule has 0 radical (unpaired) electrons. The fourth-order valence-corrected chi connectivity index (χ4v) is 3.97. The number of hydrogen-bond donors (Lipinski definition) is 0. The molecule has 0 aromatic heterocycles. The van der Waals surface area contributed by atoms with Gasteiger partial charge < -0.3 is 9.64 Å². The van der Waals surface area contributed by atoms with Crippen molar-refractivity contribution in [1.82, 2.24) is 0 Å². The SMILES string of the molecule is CC1(C)CN(c2ccc([N+](=O)[O-])c(S(C)(=O)=O)c2)CC(C)(C)O1. The zero-order chi connectivity index (χ0) is 17.6. The van der Waals surface area contributed by atoms with Crippen LogP contribution in [-0.2, 0) is 14.6 Å². The first-order valence-corrected chi connectivity index (χ1v) is 9.14. The maximum atomic E-state index is 11.9. The van der Waals surface area contributed by atoms with Crippen LogP contribution in [-0.4, -0.2) is 43.9 Å². The highest BCUT2D eigenvalue weighted by Crippen LogP contribution is 2.34. The van der Waals surface area contributed by atoms with E-state index in [-0.39, 0.29) is 4.90 Å². The predicted molar refractivity (Wildman–Crippen MR) is 87.7 cm³/mol. The second-order valence-electron chi connectivity index (χ2n) is 7.16. The van der Waals surface area contributed by atoms with E-state index in [1.807, 2.05) is 32.6 Å². The highest BCUT2D eigenvalue weighted by molar-refractivity contribution is 7.90. The van der Waals surface area contributed by atoms with Gasteiger partial charge in [0.05, 0.1) is 16.1 Å². The molecule has 0 atom stereocenters. The molecule has 0 spiro atoms. The van der Waals surface area contributed by atoms with Crippen LogP contribution in [0.4, 0.5) is 11.4 Å². The van der Waals surface area contributed by atoms with E-state index in [1.165, 1.54) is 12.1 Å². The van der Waals surface area contributed by atoms with Crippen molar-refractivity contribution in [2.24, 2.45) is 0 Å². The number of rotatable bonds is 3. The van der Waals surface area contributed by atoms with E-state index >= 15 is 0 Å². The van der Waals surface area contributed by atoms with Crippen molar-refractivity contribution in [3.63, 3.8) is 0 Å². The van der Waals surface area contributed by atoms with Crippen molar-refractivity contribution >= 4 is 21.2 Å². The highest BCUT2D eigenvalue weighted by Gasteiger charge is 2.38. The van der Waals surface area contributed by atoms with Crippen LogP contribution in [0.3, 0.4) is 0 Å². The quantitative estimate of drug-likeness (QED) is 0.619. The molecule has 23 heavy (non-hydrogen) atoms. The van der Waals surface area contributed by atoms with Gasteiger partial charge >= 0.3 is 0 Å². The number of anilines is 1. The zero-order valence-electron chi connectivity index (χ0n) is 14.0. The van der Waals surface area contributed by atoms with Gasteiger partial charge in [0, 0.05) is 31.1 Å². The molecule has 1 aliphatic heterocycles. The standard InChI is InChI=1S/C15H22N2O5S/c1-14(2)9-16(10-15(3,4)22-14)11-6-7-12(17(18)19)13(8-11)23(5,20)21/h6-8H,9-10H2,1-5H3. The van der Waals surface area contributed by atoms with Crippen molar-refractivity contribution in [2.45, 2.75) is 43.8 Å². The molecule has 1 aromatic carbocycles. The Labute approximate surface area is 136 Å². The largest absolute Gasteiger partial charge is 0.366 e. The lowest BCUT2D eigenvalue weighted by Gasteiger charge is -2.48. The van der Waals surface area contributed by atoms with Crippen molar-refractivity contribution in [3.8, 4) is 0 Å². The molecule has 1 fully saturated rings. The molecule has 0 unspecified atom stereocenters. The number of nitro groups is 1. The molecule has 0 amide bonds. The third-order valence-corrected chi connectivity index (χ3v) is 4.73. The normalized spacial score (nSPS) is 20.3. The molecule has 2 rings (SSSR count). The molecule has 1 aliphatic rings. The van der Waals surface area contributed by atoms with Crippen LogP contribution in [0.5, 0.6) is 0 Å². The van der Waals surface area contributed by atoms with Crippen LogP contribution in [0.15, 0.2) is 23.1 Å². The third kappa shape index (κ3) is 4.00. The summed E-state index contributed by atoms with van der Waals surface area (Å²) in [6, 6.07) is 4.22. The number of benzene rings is 1. The van der Waals surface area contributed by atoms with E-state index in [4.69, 9.17) is 4.74 Å². The van der Waals surface area contributed by atoms with Crippen molar-refractivity contribution in [1.29, 1.82) is 0 Å². The fraction of sp³-hybridized carbons (Fsp3) is 0.600. The minimum atomic E-state index is -3.70. The number of nitrogens with zero attached hydrogens (tertiary/aromatic N) is 2. The Morgan fingerprint density at radius 3 is 2.13 bits per heavy atom. The Bertz CT molecular complexity index is 724. The molecule has 7 nitrogen and oxygen atoms in total. The molecule has 0 N–H and O–H groups in total. The summed E-state index contributed by atoms with van der Waals surface area (Å²) in [5.41, 5.74) is -0.577. The monoisotopic (exact) mass is 342 g/mol. The van der Waals surface area contributed by atoms with Gasteiger partial charge in [-0.15, -0.1) is 0 Å². The summed E-state index contributed by atoms with van der Waals surface area (Å²) in [5.74, 6) is 0. The van der Waals surface area contributed by atoms with E-state index in [9.17, 15) is 18.5 Å². The number of hydrogen-bond acceptors (Lipinski definition) is 6. The van der Waals surface area contributed by atoms with Crippen LogP contribution in [0.2, 0.25) is 0 Å². The molecule has 0 bridgehead atoms. The predicted octanol–water partition coefficient (Wildman–Crippen LogP) is 2.39. The summed E-state index contributed by atoms with van der Waals surface area (Å²) in [5, 5.41) is 11.1. The Balaban J connectivity index is 2.51. The number of sulfone groups is 1. The third-order valence-electron chi connectivity index (χ3n) is 3.60. The highest BCUT2D eigenvalue weighted by atomic mass is 32.2. The Morgan fingerprint density at radius 1 is 1.17 bits per heavy atom. The average Bonchev–Trinajstić information content (AvgIpc) is 2.33. The van der Waals surface area contributed by atoms with Gasteiger partial charge in [-0.2, -0.15) is 0 Å². The van der Waals surface area contributed by atoms with Crippen molar-refractivity contribution in [3.05, 3.63) is 28.3 Å². The Kier molecular flexibility index (Phi) is 4.19. The van der Waals surface area contributed by atoms with E-state index < -0.39 is 31.7 Å². The molecule has 1 saturated heterocycles. The van der Waals surface area contributed by atoms with Gasteiger partial charge in [-0.05, 0) is 39.8 Å². The molecule has 1 heterocycles. The van der Waals surface area contributed by atoms with E-state index in [0.717, 1.165) is 6.26 Å². The molecular weight excluding hydrogens is 320 g/mol. The summed E-state index contributed by atoms with van der Waals surface area (Å²) >= 11 is 0. The van der Waals surface area contributed by atoms with Gasteiger partial charge in [0.2, 0.25) is 0 Å². The summed E-state index contributed by atoms with van der Waals surface area (Å²) in [4.78, 5) is 12.1. The van der Waals surface area contributed by atoms with Crippen LogP contribution in [0, 0.1) is 10.1 Å². The van der Waals surface area contributed by atoms with Crippen LogP contribution in [0.25, 0.3) is 0 Å². The van der Waals surface area contributed by atoms with Crippen LogP contribution in [0.1, 0.15) is 27.7 Å². The molecule has 128 valence electrons. The van der Waals surface area contributed by atoms with Crippen molar-refractivity contribution in [2.75, 3.05) is 24.2 Å². The second kappa shape index (κ2) is 5.45. The molecule has 1 aromatic rings. The van der Waals surface area contributed by atoms with E-state index in [1.54, 1.807) is 6.07 Å². The van der Waals surface area contributed by atoms with E-state index in [2.05, 4.69) is 0 Å². The number of nitro benzene ring substituents is 1. The molecular formula is C15H22N2O5S. The maximum absolute atomic E-state index is 11.9. The Hall–Kier alpha value is -1.67. The minimum Gasteiger partial charge on any atom is -0.366 e. The van der Waals surface area contributed by atoms with Gasteiger partial charge in [-0.25, -0.2) is 8.42 Å². The lowest BCUT2D eigenvalue weighted by Crippen LogP contribution is -2.57. The van der Waals surface area contributed by atoms with E-state index in [0.29, 0.717) is 18.8 Å². The van der Waals surface area contributed by atoms with Crippen molar-refractivity contribution < 1.29 is 18.1 Å². The van der Waals surface area contributed by atoms with Crippen LogP contribution >= 0.6 is 0 Å². The van der Waals surface area contributed by atoms with Gasteiger partial charge in [-0.3, -0.25) is 10.1 Å². The first kappa shape index (κ1) is 17.7. The Morgan fingerprint density at radius 2 is 1.70 bits per heavy atom. The maximum Gasteiger partial charge on any atom is 0.288 e. The lowest BCUT2D eigenvalue weighted by molar-refractivity contribution is -0.387. The first-order valence-electron chi connectivity index (χ1n) is 7.24. The lowest BCUT2D eigenvalue weighted by atomic mass is 9.98. The number of morpholine rings is 1. The zero-order valence-corrected chi connectivity index (χ0v) is 14.8. The number of ether oxygens (including phenoxy) is 1. The molecule has 0 saturated carbocycles. The minimum absolute atomic E-state index is 0.262. The second-order valence-corrected chi connectivity index (χ2v) is 9.14. The summed E-state index contributed by atoms with van der Waals surface area (Å²) < 4.78 is 29.8. The van der Waals surface area contributed by atoms with Crippen LogP contribution < -0.4 is 4.90 Å². The van der Waals surface area contributed by atoms with Gasteiger partial charge in [-0.1, -0.05) is 0 Å². The first-order chi connectivity index (χ1) is 10.3. The molecule has 8 heteroatoms. The molecule has 0 aliphatic carbocycles. The topological polar surface area (TPSA) is 89.8 Å². The summed E-state index contributed by atoms with van der Waals surface area (Å²) in [7, 11) is -3.70.